The van der Waals surface area contributed by atoms with E-state index in [4.69, 9.17) is 39.5 Å². The van der Waals surface area contributed by atoms with Gasteiger partial charge in [0, 0.05) is 21.4 Å². The van der Waals surface area contributed by atoms with E-state index in [1.807, 2.05) is 54.0 Å². The fraction of sp³-hybridized carbons (Fsp3) is 0.125. The second-order valence-corrected chi connectivity index (χ2v) is 9.42. The van der Waals surface area contributed by atoms with Crippen molar-refractivity contribution in [1.29, 1.82) is 0 Å². The molecule has 6 nitrogen and oxygen atoms in total. The number of nitrogens with one attached hydrogen (secondary N) is 1. The molecule has 0 bridgehead atoms. The van der Waals surface area contributed by atoms with E-state index in [-0.39, 0.29) is 11.7 Å². The molecule has 1 N–H and O–H groups in total. The van der Waals surface area contributed by atoms with Gasteiger partial charge < -0.3 is 10.1 Å². The van der Waals surface area contributed by atoms with E-state index < -0.39 is 6.10 Å². The molecule has 4 rings (SSSR count). The quantitative estimate of drug-likeness (QED) is 0.245. The maximum absolute atomic E-state index is 12.6. The fourth-order valence-electron chi connectivity index (χ4n) is 3.19. The first-order valence-corrected chi connectivity index (χ1v) is 12.3. The van der Waals surface area contributed by atoms with E-state index >= 15 is 0 Å². The summed E-state index contributed by atoms with van der Waals surface area (Å²) in [6.07, 6.45) is -0.454. The lowest BCUT2D eigenvalue weighted by molar-refractivity contribution is -0.113. The van der Waals surface area contributed by atoms with Crippen molar-refractivity contribution in [3.63, 3.8) is 0 Å². The smallest absolute Gasteiger partial charge is 0.234 e. The minimum absolute atomic E-state index is 0.106. The van der Waals surface area contributed by atoms with Crippen molar-refractivity contribution in [2.75, 3.05) is 11.1 Å². The van der Waals surface area contributed by atoms with Gasteiger partial charge in [-0.2, -0.15) is 0 Å². The summed E-state index contributed by atoms with van der Waals surface area (Å²) in [5.74, 6) is 1.01. The van der Waals surface area contributed by atoms with Crippen LogP contribution in [0.5, 0.6) is 5.75 Å². The highest BCUT2D eigenvalue weighted by Gasteiger charge is 2.22. The van der Waals surface area contributed by atoms with Crippen LogP contribution in [0, 0.1) is 0 Å². The largest absolute Gasteiger partial charge is 0.481 e. The first kappa shape index (κ1) is 24.4. The third kappa shape index (κ3) is 6.04. The monoisotopic (exact) mass is 532 g/mol. The van der Waals surface area contributed by atoms with Crippen LogP contribution in [0.3, 0.4) is 0 Å². The Balaban J connectivity index is 1.55. The first-order chi connectivity index (χ1) is 16.4. The zero-order valence-corrected chi connectivity index (χ0v) is 21.0. The van der Waals surface area contributed by atoms with Crippen LogP contribution in [0.1, 0.15) is 18.9 Å². The van der Waals surface area contributed by atoms with Gasteiger partial charge in [0.25, 0.3) is 0 Å². The van der Waals surface area contributed by atoms with E-state index in [0.717, 1.165) is 5.69 Å². The normalized spacial score (nSPS) is 11.8. The number of hydrogen-bond donors (Lipinski definition) is 1. The zero-order chi connectivity index (χ0) is 24.1. The molecule has 0 fully saturated rings. The lowest BCUT2D eigenvalue weighted by atomic mass is 10.3. The number of ether oxygens (including phenoxy) is 1. The third-order valence-corrected chi connectivity index (χ3v) is 6.33. The molecule has 0 spiro atoms. The molecule has 174 valence electrons. The van der Waals surface area contributed by atoms with Crippen molar-refractivity contribution in [3.8, 4) is 11.4 Å². The molecule has 4 aromatic rings. The van der Waals surface area contributed by atoms with Gasteiger partial charge in [-0.3, -0.25) is 9.36 Å². The Morgan fingerprint density at radius 1 is 1.00 bits per heavy atom. The Hall–Kier alpha value is -2.71. The number of carbonyl (C=O) groups excluding carboxylic acids is 1. The van der Waals surface area contributed by atoms with Gasteiger partial charge in [-0.15, -0.1) is 10.2 Å². The first-order valence-electron chi connectivity index (χ1n) is 10.2. The number of thioether (sulfide) groups is 1. The molecule has 34 heavy (non-hydrogen) atoms. The molecule has 0 aliphatic heterocycles. The molecule has 0 radical (unpaired) electrons. The van der Waals surface area contributed by atoms with Crippen LogP contribution in [0.2, 0.25) is 15.1 Å². The lowest BCUT2D eigenvalue weighted by Gasteiger charge is -2.17. The van der Waals surface area contributed by atoms with Gasteiger partial charge >= 0.3 is 0 Å². The van der Waals surface area contributed by atoms with Crippen molar-refractivity contribution in [3.05, 3.63) is 93.7 Å². The highest BCUT2D eigenvalue weighted by molar-refractivity contribution is 7.99. The average molecular weight is 534 g/mol. The third-order valence-electron chi connectivity index (χ3n) is 4.66. The molecule has 0 aliphatic carbocycles. The summed E-state index contributed by atoms with van der Waals surface area (Å²) in [6, 6.07) is 21.8. The summed E-state index contributed by atoms with van der Waals surface area (Å²) in [4.78, 5) is 12.6. The standard InChI is InChI=1S/C24H19Cl3N4O2S/c1-15(33-21-10-6-5-9-20(21)27)23-29-30-24(31(23)19-7-3-2-4-8-19)34-14-22(32)28-18-12-16(25)11-17(26)13-18/h2-13,15H,14H2,1H3,(H,28,32). The maximum atomic E-state index is 12.6. The molecule has 0 saturated heterocycles. The van der Waals surface area contributed by atoms with Crippen molar-refractivity contribution >= 4 is 58.2 Å². The fourth-order valence-corrected chi connectivity index (χ4v) is 4.66. The topological polar surface area (TPSA) is 69.0 Å². The molecule has 3 aromatic carbocycles. The number of rotatable bonds is 8. The zero-order valence-electron chi connectivity index (χ0n) is 17.9. The van der Waals surface area contributed by atoms with Gasteiger partial charge in [0.1, 0.15) is 5.75 Å². The van der Waals surface area contributed by atoms with E-state index in [0.29, 0.717) is 37.5 Å². The molecule has 0 aliphatic rings. The van der Waals surface area contributed by atoms with Crippen LogP contribution >= 0.6 is 46.6 Å². The summed E-state index contributed by atoms with van der Waals surface area (Å²) in [6.45, 7) is 1.87. The van der Waals surface area contributed by atoms with Gasteiger partial charge in [0.2, 0.25) is 5.91 Å². The Bertz CT molecular complexity index is 1280. The van der Waals surface area contributed by atoms with Crippen LogP contribution in [0.15, 0.2) is 78.0 Å². The average Bonchev–Trinajstić information content (AvgIpc) is 3.23. The summed E-state index contributed by atoms with van der Waals surface area (Å²) >= 11 is 19.5. The number of nitrogens with zero attached hydrogens (tertiary/aromatic N) is 3. The van der Waals surface area contributed by atoms with E-state index in [1.165, 1.54) is 11.8 Å². The second kappa shape index (κ2) is 11.1. The minimum atomic E-state index is -0.454. The Morgan fingerprint density at radius 2 is 1.68 bits per heavy atom. The molecular formula is C24H19Cl3N4O2S. The Labute approximate surface area is 216 Å². The van der Waals surface area contributed by atoms with Crippen LogP contribution in [0.25, 0.3) is 5.69 Å². The molecule has 1 heterocycles. The van der Waals surface area contributed by atoms with E-state index in [2.05, 4.69) is 15.5 Å². The van der Waals surface area contributed by atoms with E-state index in [9.17, 15) is 4.79 Å². The van der Waals surface area contributed by atoms with Crippen molar-refractivity contribution in [2.24, 2.45) is 0 Å². The van der Waals surface area contributed by atoms with E-state index in [1.54, 1.807) is 30.3 Å². The summed E-state index contributed by atoms with van der Waals surface area (Å²) < 4.78 is 7.94. The molecule has 0 saturated carbocycles. The number of anilines is 1. The Morgan fingerprint density at radius 3 is 2.38 bits per heavy atom. The maximum Gasteiger partial charge on any atom is 0.234 e. The van der Waals surface area contributed by atoms with Gasteiger partial charge in [0.05, 0.1) is 10.8 Å². The highest BCUT2D eigenvalue weighted by atomic mass is 35.5. The number of para-hydroxylation sites is 2. The summed E-state index contributed by atoms with van der Waals surface area (Å²) in [5.41, 5.74) is 1.37. The van der Waals surface area contributed by atoms with Crippen molar-refractivity contribution in [2.45, 2.75) is 18.2 Å². The van der Waals surface area contributed by atoms with Gasteiger partial charge in [-0.05, 0) is 49.4 Å². The van der Waals surface area contributed by atoms with Crippen molar-refractivity contribution < 1.29 is 9.53 Å². The number of aromatic nitrogens is 3. The molecule has 1 unspecified atom stereocenters. The van der Waals surface area contributed by atoms with Crippen LogP contribution < -0.4 is 10.1 Å². The number of carbonyl (C=O) groups is 1. The highest BCUT2D eigenvalue weighted by Crippen LogP contribution is 2.31. The van der Waals surface area contributed by atoms with Crippen molar-refractivity contribution in [1.82, 2.24) is 14.8 Å². The predicted molar refractivity (Wildman–Crippen MR) is 138 cm³/mol. The van der Waals surface area contributed by atoms with Gasteiger partial charge in [-0.25, -0.2) is 0 Å². The van der Waals surface area contributed by atoms with Crippen LogP contribution in [-0.4, -0.2) is 26.4 Å². The minimum Gasteiger partial charge on any atom is -0.481 e. The van der Waals surface area contributed by atoms with Gasteiger partial charge in [0.15, 0.2) is 17.1 Å². The SMILES string of the molecule is CC(Oc1ccccc1Cl)c1nnc(SCC(=O)Nc2cc(Cl)cc(Cl)c2)n1-c1ccccc1. The predicted octanol–water partition coefficient (Wildman–Crippen LogP) is 7.10. The van der Waals surface area contributed by atoms with Gasteiger partial charge in [-0.1, -0.05) is 76.9 Å². The molecule has 1 amide bonds. The second-order valence-electron chi connectivity index (χ2n) is 7.20. The summed E-state index contributed by atoms with van der Waals surface area (Å²) in [7, 11) is 0. The molecular weight excluding hydrogens is 515 g/mol. The molecule has 10 heteroatoms. The van der Waals surface area contributed by atoms with Crippen LogP contribution in [0.4, 0.5) is 5.69 Å². The lowest BCUT2D eigenvalue weighted by Crippen LogP contribution is -2.15. The number of hydrogen-bond acceptors (Lipinski definition) is 5. The van der Waals surface area contributed by atoms with Crippen LogP contribution in [-0.2, 0) is 4.79 Å². The Kier molecular flexibility index (Phi) is 8.00. The number of benzene rings is 3. The molecule has 1 atom stereocenters. The molecule has 1 aromatic heterocycles. The number of halogens is 3. The summed E-state index contributed by atoms with van der Waals surface area (Å²) in [5, 5.41) is 13.4. The number of amides is 1.